The summed E-state index contributed by atoms with van der Waals surface area (Å²) in [5, 5.41) is 3.26. The number of aromatic nitrogens is 1. The van der Waals surface area contributed by atoms with E-state index in [9.17, 15) is 9.59 Å². The van der Waals surface area contributed by atoms with E-state index in [4.69, 9.17) is 14.2 Å². The highest BCUT2D eigenvalue weighted by molar-refractivity contribution is 5.90. The maximum absolute atomic E-state index is 12.2. The van der Waals surface area contributed by atoms with Crippen LogP contribution in [0.4, 0.5) is 4.79 Å². The molecule has 0 unspecified atom stereocenters. The monoisotopic (exact) mass is 382 g/mol. The van der Waals surface area contributed by atoms with Gasteiger partial charge < -0.3 is 24.5 Å². The minimum Gasteiger partial charge on any atom is -0.494 e. The second-order valence-corrected chi connectivity index (χ2v) is 6.14. The van der Waals surface area contributed by atoms with Gasteiger partial charge in [-0.25, -0.2) is 9.59 Å². The van der Waals surface area contributed by atoms with Crippen molar-refractivity contribution in [2.45, 2.75) is 26.5 Å². The third-order valence-corrected chi connectivity index (χ3v) is 4.05. The van der Waals surface area contributed by atoms with Gasteiger partial charge in [0.2, 0.25) is 0 Å². The van der Waals surface area contributed by atoms with E-state index in [0.29, 0.717) is 12.4 Å². The molecule has 28 heavy (non-hydrogen) atoms. The number of hydrogen-bond donors (Lipinski definition) is 2. The van der Waals surface area contributed by atoms with Crippen molar-refractivity contribution in [3.8, 4) is 11.5 Å². The zero-order valence-corrected chi connectivity index (χ0v) is 15.7. The lowest BCUT2D eigenvalue weighted by Crippen LogP contribution is -2.41. The van der Waals surface area contributed by atoms with Crippen LogP contribution in [0, 0.1) is 0 Å². The molecule has 1 amide bonds. The maximum atomic E-state index is 12.2. The number of fused-ring (bicyclic) bond motifs is 1. The van der Waals surface area contributed by atoms with Gasteiger partial charge >= 0.3 is 12.1 Å². The van der Waals surface area contributed by atoms with Crippen molar-refractivity contribution < 1.29 is 23.8 Å². The first-order valence-electron chi connectivity index (χ1n) is 8.99. The SMILES string of the molecule is CCOc1ccc(COC(=O)N[C@@H](C)C(=O)Oc2c[nH]c3ccccc23)cc1. The van der Waals surface area contributed by atoms with E-state index in [1.54, 1.807) is 18.3 Å². The summed E-state index contributed by atoms with van der Waals surface area (Å²) in [6, 6.07) is 13.8. The van der Waals surface area contributed by atoms with Gasteiger partial charge in [-0.15, -0.1) is 0 Å². The van der Waals surface area contributed by atoms with E-state index >= 15 is 0 Å². The number of amides is 1. The van der Waals surface area contributed by atoms with Crippen LogP contribution in [-0.2, 0) is 16.1 Å². The predicted octanol–water partition coefficient (Wildman–Crippen LogP) is 3.79. The van der Waals surface area contributed by atoms with E-state index in [1.807, 2.05) is 43.3 Å². The molecule has 1 atom stereocenters. The molecule has 0 fully saturated rings. The molecule has 7 nitrogen and oxygen atoms in total. The summed E-state index contributed by atoms with van der Waals surface area (Å²) < 4.78 is 15.9. The van der Waals surface area contributed by atoms with Gasteiger partial charge in [-0.1, -0.05) is 24.3 Å². The molecule has 1 heterocycles. The first-order valence-corrected chi connectivity index (χ1v) is 8.99. The summed E-state index contributed by atoms with van der Waals surface area (Å²) in [6.45, 7) is 4.12. The molecule has 0 aliphatic carbocycles. The van der Waals surface area contributed by atoms with Gasteiger partial charge in [0.15, 0.2) is 5.75 Å². The number of hydrogen-bond acceptors (Lipinski definition) is 5. The normalized spacial score (nSPS) is 11.6. The quantitative estimate of drug-likeness (QED) is 0.607. The summed E-state index contributed by atoms with van der Waals surface area (Å²) in [6.07, 6.45) is 0.914. The van der Waals surface area contributed by atoms with E-state index in [0.717, 1.165) is 22.2 Å². The van der Waals surface area contributed by atoms with Gasteiger partial charge in [-0.05, 0) is 43.7 Å². The van der Waals surface area contributed by atoms with Gasteiger partial charge in [0.25, 0.3) is 0 Å². The third-order valence-electron chi connectivity index (χ3n) is 4.05. The zero-order valence-electron chi connectivity index (χ0n) is 15.7. The number of nitrogens with one attached hydrogen (secondary N) is 2. The molecule has 7 heteroatoms. The highest BCUT2D eigenvalue weighted by atomic mass is 16.6. The molecule has 2 aromatic carbocycles. The summed E-state index contributed by atoms with van der Waals surface area (Å²) in [4.78, 5) is 27.2. The Morgan fingerprint density at radius 2 is 1.86 bits per heavy atom. The number of ether oxygens (including phenoxy) is 3. The maximum Gasteiger partial charge on any atom is 0.408 e. The van der Waals surface area contributed by atoms with Crippen molar-refractivity contribution in [1.29, 1.82) is 0 Å². The van der Waals surface area contributed by atoms with E-state index in [1.165, 1.54) is 6.92 Å². The van der Waals surface area contributed by atoms with Crippen LogP contribution >= 0.6 is 0 Å². The lowest BCUT2D eigenvalue weighted by atomic mass is 10.2. The van der Waals surface area contributed by atoms with Crippen molar-refractivity contribution in [1.82, 2.24) is 10.3 Å². The molecule has 1 aromatic heterocycles. The van der Waals surface area contributed by atoms with Crippen LogP contribution in [0.3, 0.4) is 0 Å². The highest BCUT2D eigenvalue weighted by Gasteiger charge is 2.20. The number of H-pyrrole nitrogens is 1. The first-order chi connectivity index (χ1) is 13.6. The number of rotatable bonds is 7. The number of aromatic amines is 1. The zero-order chi connectivity index (χ0) is 19.9. The Labute approximate surface area is 162 Å². The molecule has 2 N–H and O–H groups in total. The van der Waals surface area contributed by atoms with Crippen LogP contribution in [0.15, 0.2) is 54.7 Å². The smallest absolute Gasteiger partial charge is 0.408 e. The molecule has 0 aliphatic heterocycles. The minimum atomic E-state index is -0.860. The molecule has 0 spiro atoms. The molecule has 0 bridgehead atoms. The van der Waals surface area contributed by atoms with Crippen LogP contribution in [0.25, 0.3) is 10.9 Å². The summed E-state index contributed by atoms with van der Waals surface area (Å²) in [7, 11) is 0. The molecule has 3 rings (SSSR count). The van der Waals surface area contributed by atoms with Crippen LogP contribution in [0.5, 0.6) is 11.5 Å². The molecule has 0 radical (unpaired) electrons. The van der Waals surface area contributed by atoms with Gasteiger partial charge in [-0.3, -0.25) is 0 Å². The Hall–Kier alpha value is -3.48. The Kier molecular flexibility index (Phi) is 6.16. The lowest BCUT2D eigenvalue weighted by molar-refractivity contribution is -0.136. The molecular formula is C21H22N2O5. The Morgan fingerprint density at radius 3 is 2.61 bits per heavy atom. The molecule has 0 saturated heterocycles. The molecule has 3 aromatic rings. The second kappa shape index (κ2) is 8.94. The van der Waals surface area contributed by atoms with Crippen molar-refractivity contribution in [3.05, 3.63) is 60.3 Å². The topological polar surface area (TPSA) is 89.7 Å². The number of benzene rings is 2. The fourth-order valence-electron chi connectivity index (χ4n) is 2.60. The van der Waals surface area contributed by atoms with Crippen LogP contribution in [-0.4, -0.2) is 29.7 Å². The van der Waals surface area contributed by atoms with Crippen molar-refractivity contribution >= 4 is 23.0 Å². The third kappa shape index (κ3) is 4.82. The van der Waals surface area contributed by atoms with Crippen LogP contribution < -0.4 is 14.8 Å². The minimum absolute atomic E-state index is 0.0858. The van der Waals surface area contributed by atoms with Crippen LogP contribution in [0.1, 0.15) is 19.4 Å². The number of para-hydroxylation sites is 1. The Balaban J connectivity index is 1.48. The molecule has 0 saturated carbocycles. The van der Waals surface area contributed by atoms with Gasteiger partial charge in [0.05, 0.1) is 6.61 Å². The number of carbonyl (C=O) groups excluding carboxylic acids is 2. The fraction of sp³-hybridized carbons (Fsp3) is 0.238. The summed E-state index contributed by atoms with van der Waals surface area (Å²) in [5.41, 5.74) is 1.67. The predicted molar refractivity (Wildman–Crippen MR) is 104 cm³/mol. The average molecular weight is 382 g/mol. The van der Waals surface area contributed by atoms with E-state index in [-0.39, 0.29) is 6.61 Å². The standard InChI is InChI=1S/C21H22N2O5/c1-3-26-16-10-8-15(9-11-16)13-27-21(25)23-14(2)20(24)28-19-12-22-18-7-5-4-6-17(18)19/h4-12,14,22H,3,13H2,1-2H3,(H,23,25)/t14-/m0/s1. The fourth-order valence-corrected chi connectivity index (χ4v) is 2.60. The number of esters is 1. The molecule has 146 valence electrons. The summed E-state index contributed by atoms with van der Waals surface area (Å²) >= 11 is 0. The molecule has 0 aliphatic rings. The van der Waals surface area contributed by atoms with Crippen molar-refractivity contribution in [3.63, 3.8) is 0 Å². The van der Waals surface area contributed by atoms with Gasteiger partial charge in [0, 0.05) is 17.1 Å². The molecular weight excluding hydrogens is 360 g/mol. The van der Waals surface area contributed by atoms with E-state index in [2.05, 4.69) is 10.3 Å². The number of carbonyl (C=O) groups is 2. The van der Waals surface area contributed by atoms with Crippen molar-refractivity contribution in [2.24, 2.45) is 0 Å². The van der Waals surface area contributed by atoms with Gasteiger partial charge in [0.1, 0.15) is 18.4 Å². The van der Waals surface area contributed by atoms with E-state index < -0.39 is 18.1 Å². The first kappa shape index (κ1) is 19.3. The Morgan fingerprint density at radius 1 is 1.11 bits per heavy atom. The Bertz CT molecular complexity index is 949. The number of alkyl carbamates (subject to hydrolysis) is 1. The second-order valence-electron chi connectivity index (χ2n) is 6.14. The van der Waals surface area contributed by atoms with Crippen LogP contribution in [0.2, 0.25) is 0 Å². The van der Waals surface area contributed by atoms with Crippen molar-refractivity contribution in [2.75, 3.05) is 6.61 Å². The lowest BCUT2D eigenvalue weighted by Gasteiger charge is -2.13. The summed E-state index contributed by atoms with van der Waals surface area (Å²) in [5.74, 6) is 0.587. The highest BCUT2D eigenvalue weighted by Crippen LogP contribution is 2.25. The van der Waals surface area contributed by atoms with Gasteiger partial charge in [-0.2, -0.15) is 0 Å². The largest absolute Gasteiger partial charge is 0.494 e. The average Bonchev–Trinajstić information content (AvgIpc) is 3.10.